The van der Waals surface area contributed by atoms with Gasteiger partial charge in [0.05, 0.1) is 6.10 Å². The van der Waals surface area contributed by atoms with E-state index >= 15 is 0 Å². The minimum atomic E-state index is -0.580. The fourth-order valence-corrected chi connectivity index (χ4v) is 3.77. The van der Waals surface area contributed by atoms with E-state index in [2.05, 4.69) is 5.32 Å². The van der Waals surface area contributed by atoms with Crippen LogP contribution in [0.3, 0.4) is 0 Å². The van der Waals surface area contributed by atoms with Crippen molar-refractivity contribution in [3.8, 4) is 0 Å². The van der Waals surface area contributed by atoms with E-state index in [1.54, 1.807) is 4.90 Å². The van der Waals surface area contributed by atoms with E-state index in [4.69, 9.17) is 4.74 Å². The summed E-state index contributed by atoms with van der Waals surface area (Å²) in [6, 6.07) is 19.1. The van der Waals surface area contributed by atoms with Gasteiger partial charge in [-0.25, -0.2) is 0 Å². The molecule has 1 aliphatic rings. The lowest BCUT2D eigenvalue weighted by atomic mass is 10.0. The molecule has 0 unspecified atom stereocenters. The van der Waals surface area contributed by atoms with Crippen molar-refractivity contribution in [3.05, 3.63) is 71.8 Å². The van der Waals surface area contributed by atoms with Gasteiger partial charge in [0.25, 0.3) is 0 Å². The second kappa shape index (κ2) is 10.9. The van der Waals surface area contributed by atoms with Crippen LogP contribution in [0.2, 0.25) is 0 Å². The zero-order chi connectivity index (χ0) is 21.3. The van der Waals surface area contributed by atoms with E-state index in [0.717, 1.165) is 30.6 Å². The third kappa shape index (κ3) is 6.17. The standard InChI is InChI=1S/C25H32N2O3/c1-19(2)25(29)27(18-21-12-7-4-8-13-21)23(16-20-10-5-3-6-11-20)24(28)26-17-22-14-9-15-30-22/h3-8,10-13,19,22-23H,9,14-18H2,1-2H3,(H,26,28)/t22-,23-/m0/s1. The third-order valence-corrected chi connectivity index (χ3v) is 5.45. The SMILES string of the molecule is CC(C)C(=O)N(Cc1ccccc1)[C@@H](Cc1ccccc1)C(=O)NC[C@@H]1CCCO1. The minimum Gasteiger partial charge on any atom is -0.376 e. The van der Waals surface area contributed by atoms with Crippen molar-refractivity contribution in [1.29, 1.82) is 0 Å². The Morgan fingerprint density at radius 1 is 1.03 bits per heavy atom. The number of ether oxygens (including phenoxy) is 1. The van der Waals surface area contributed by atoms with Gasteiger partial charge in [0, 0.05) is 32.0 Å². The van der Waals surface area contributed by atoms with Gasteiger partial charge >= 0.3 is 0 Å². The van der Waals surface area contributed by atoms with Crippen LogP contribution in [0.5, 0.6) is 0 Å². The quantitative estimate of drug-likeness (QED) is 0.690. The molecule has 2 atom stereocenters. The Balaban J connectivity index is 1.84. The summed E-state index contributed by atoms with van der Waals surface area (Å²) in [6.45, 7) is 5.40. The summed E-state index contributed by atoms with van der Waals surface area (Å²) < 4.78 is 5.65. The molecule has 2 aromatic rings. The average molecular weight is 409 g/mol. The molecule has 5 heteroatoms. The first kappa shape index (κ1) is 22.0. The van der Waals surface area contributed by atoms with Crippen molar-refractivity contribution >= 4 is 11.8 Å². The normalized spacial score (nSPS) is 17.0. The van der Waals surface area contributed by atoms with E-state index < -0.39 is 6.04 Å². The molecule has 0 bridgehead atoms. The fourth-order valence-electron chi connectivity index (χ4n) is 3.77. The van der Waals surface area contributed by atoms with Gasteiger partial charge in [0.15, 0.2) is 0 Å². The molecule has 1 heterocycles. The van der Waals surface area contributed by atoms with Crippen LogP contribution in [-0.4, -0.2) is 42.0 Å². The largest absolute Gasteiger partial charge is 0.376 e. The average Bonchev–Trinajstić information content (AvgIpc) is 3.29. The molecule has 0 aliphatic carbocycles. The number of nitrogens with zero attached hydrogens (tertiary/aromatic N) is 1. The number of hydrogen-bond acceptors (Lipinski definition) is 3. The van der Waals surface area contributed by atoms with Crippen LogP contribution >= 0.6 is 0 Å². The van der Waals surface area contributed by atoms with Crippen molar-refractivity contribution in [3.63, 3.8) is 0 Å². The minimum absolute atomic E-state index is 0.0212. The third-order valence-electron chi connectivity index (χ3n) is 5.45. The molecule has 1 saturated heterocycles. The highest BCUT2D eigenvalue weighted by atomic mass is 16.5. The van der Waals surface area contributed by atoms with Crippen LogP contribution in [0.1, 0.15) is 37.8 Å². The summed E-state index contributed by atoms with van der Waals surface area (Å²) in [4.78, 5) is 28.2. The Hall–Kier alpha value is -2.66. The molecule has 1 N–H and O–H groups in total. The molecule has 2 aromatic carbocycles. The molecule has 1 fully saturated rings. The van der Waals surface area contributed by atoms with Gasteiger partial charge in [-0.1, -0.05) is 74.5 Å². The van der Waals surface area contributed by atoms with E-state index in [9.17, 15) is 9.59 Å². The highest BCUT2D eigenvalue weighted by Crippen LogP contribution is 2.18. The molecular weight excluding hydrogens is 376 g/mol. The smallest absolute Gasteiger partial charge is 0.243 e. The van der Waals surface area contributed by atoms with E-state index in [0.29, 0.717) is 19.5 Å². The fraction of sp³-hybridized carbons (Fsp3) is 0.440. The van der Waals surface area contributed by atoms with Crippen molar-refractivity contribution < 1.29 is 14.3 Å². The van der Waals surface area contributed by atoms with Gasteiger partial charge in [-0.15, -0.1) is 0 Å². The lowest BCUT2D eigenvalue weighted by Crippen LogP contribution is -2.52. The summed E-state index contributed by atoms with van der Waals surface area (Å²) in [6.07, 6.45) is 2.53. The van der Waals surface area contributed by atoms with Crippen molar-refractivity contribution in [2.24, 2.45) is 5.92 Å². The second-order valence-electron chi connectivity index (χ2n) is 8.19. The Morgan fingerprint density at radius 2 is 1.67 bits per heavy atom. The van der Waals surface area contributed by atoms with Crippen LogP contribution in [0, 0.1) is 5.92 Å². The van der Waals surface area contributed by atoms with Gasteiger partial charge < -0.3 is 15.0 Å². The molecule has 2 amide bonds. The molecule has 3 rings (SSSR count). The number of carbonyl (C=O) groups excluding carboxylic acids is 2. The van der Waals surface area contributed by atoms with Crippen LogP contribution < -0.4 is 5.32 Å². The maximum atomic E-state index is 13.3. The highest BCUT2D eigenvalue weighted by Gasteiger charge is 2.32. The zero-order valence-electron chi connectivity index (χ0n) is 17.9. The maximum absolute atomic E-state index is 13.3. The summed E-state index contributed by atoms with van der Waals surface area (Å²) in [7, 11) is 0. The first-order valence-electron chi connectivity index (χ1n) is 10.8. The number of nitrogens with one attached hydrogen (secondary N) is 1. The molecule has 0 radical (unpaired) electrons. The summed E-state index contributed by atoms with van der Waals surface area (Å²) >= 11 is 0. The Kier molecular flexibility index (Phi) is 8.03. The zero-order valence-corrected chi connectivity index (χ0v) is 17.9. The number of amides is 2. The number of hydrogen-bond donors (Lipinski definition) is 1. The Morgan fingerprint density at radius 3 is 2.23 bits per heavy atom. The topological polar surface area (TPSA) is 58.6 Å². The van der Waals surface area contributed by atoms with Crippen LogP contribution in [0.4, 0.5) is 0 Å². The summed E-state index contributed by atoms with van der Waals surface area (Å²) in [5.41, 5.74) is 2.04. The molecular formula is C25H32N2O3. The van der Waals surface area contributed by atoms with Crippen molar-refractivity contribution in [2.45, 2.75) is 51.8 Å². The monoisotopic (exact) mass is 408 g/mol. The van der Waals surface area contributed by atoms with Gasteiger partial charge in [-0.2, -0.15) is 0 Å². The van der Waals surface area contributed by atoms with Crippen LogP contribution in [0.25, 0.3) is 0 Å². The molecule has 0 aromatic heterocycles. The molecule has 5 nitrogen and oxygen atoms in total. The first-order valence-corrected chi connectivity index (χ1v) is 10.8. The molecule has 0 spiro atoms. The number of benzene rings is 2. The van der Waals surface area contributed by atoms with Crippen LogP contribution in [-0.2, 0) is 27.3 Å². The van der Waals surface area contributed by atoms with Crippen LogP contribution in [0.15, 0.2) is 60.7 Å². The van der Waals surface area contributed by atoms with E-state index in [-0.39, 0.29) is 23.8 Å². The van der Waals surface area contributed by atoms with Crippen molar-refractivity contribution in [2.75, 3.05) is 13.2 Å². The Labute approximate surface area is 179 Å². The summed E-state index contributed by atoms with van der Waals surface area (Å²) in [5, 5.41) is 3.05. The summed E-state index contributed by atoms with van der Waals surface area (Å²) in [5.74, 6) is -0.343. The predicted molar refractivity (Wildman–Crippen MR) is 118 cm³/mol. The molecule has 30 heavy (non-hydrogen) atoms. The maximum Gasteiger partial charge on any atom is 0.243 e. The van der Waals surface area contributed by atoms with Gasteiger partial charge in [0.1, 0.15) is 6.04 Å². The predicted octanol–water partition coefficient (Wildman–Crippen LogP) is 3.58. The van der Waals surface area contributed by atoms with E-state index in [1.807, 2.05) is 74.5 Å². The van der Waals surface area contributed by atoms with Gasteiger partial charge in [-0.05, 0) is 24.0 Å². The molecule has 0 saturated carbocycles. The lowest BCUT2D eigenvalue weighted by Gasteiger charge is -2.33. The molecule has 1 aliphatic heterocycles. The van der Waals surface area contributed by atoms with Gasteiger partial charge in [0.2, 0.25) is 11.8 Å². The number of rotatable bonds is 9. The first-order chi connectivity index (χ1) is 14.5. The van der Waals surface area contributed by atoms with Gasteiger partial charge in [-0.3, -0.25) is 9.59 Å². The highest BCUT2D eigenvalue weighted by molar-refractivity contribution is 5.88. The molecule has 160 valence electrons. The van der Waals surface area contributed by atoms with Crippen molar-refractivity contribution in [1.82, 2.24) is 10.2 Å². The second-order valence-corrected chi connectivity index (χ2v) is 8.19. The lowest BCUT2D eigenvalue weighted by molar-refractivity contribution is -0.143. The van der Waals surface area contributed by atoms with E-state index in [1.165, 1.54) is 0 Å². The number of carbonyl (C=O) groups is 2. The Bertz CT molecular complexity index is 802.